The van der Waals surface area contributed by atoms with Gasteiger partial charge in [-0.15, -0.1) is 11.3 Å². The van der Waals surface area contributed by atoms with Crippen LogP contribution in [0, 0.1) is 0 Å². The number of hydrogen-bond acceptors (Lipinski definition) is 9. The van der Waals surface area contributed by atoms with Crippen molar-refractivity contribution >= 4 is 52.3 Å². The number of carbonyl (C=O) groups excluding carboxylic acids is 3. The molecule has 0 aliphatic heterocycles. The van der Waals surface area contributed by atoms with Crippen LogP contribution in [0.4, 0.5) is 24.8 Å². The van der Waals surface area contributed by atoms with Gasteiger partial charge in [0.2, 0.25) is 5.91 Å². The molecule has 11 nitrogen and oxygen atoms in total. The molecule has 38 heavy (non-hydrogen) atoms. The molecule has 0 saturated heterocycles. The minimum absolute atomic E-state index is 0.0965. The summed E-state index contributed by atoms with van der Waals surface area (Å²) in [5, 5.41) is 10.5. The maximum Gasteiger partial charge on any atom is 0.418 e. The second kappa shape index (κ2) is 12.6. The third kappa shape index (κ3) is 8.08. The van der Waals surface area contributed by atoms with E-state index in [1.54, 1.807) is 6.92 Å². The highest BCUT2D eigenvalue weighted by Crippen LogP contribution is 2.35. The van der Waals surface area contributed by atoms with E-state index in [2.05, 4.69) is 41.2 Å². The maximum atomic E-state index is 13.0. The first-order valence-corrected chi connectivity index (χ1v) is 12.2. The van der Waals surface area contributed by atoms with Gasteiger partial charge in [-0.2, -0.15) is 13.2 Å². The second-order valence-electron chi connectivity index (χ2n) is 7.81. The lowest BCUT2D eigenvalue weighted by atomic mass is 10.2. The highest BCUT2D eigenvalue weighted by molar-refractivity contribution is 7.13. The fourth-order valence-electron chi connectivity index (χ4n) is 2.97. The SMILES string of the molecule is CC(=O)NCCCNc1cc(C(=O)NC(C)c2ncc(C(=O)Nc3cc(C(F)(F)F)c(Cl)cn3)s2)ncn1. The zero-order chi connectivity index (χ0) is 27.9. The first-order chi connectivity index (χ1) is 17.9. The van der Waals surface area contributed by atoms with E-state index in [9.17, 15) is 27.6 Å². The molecule has 1 unspecified atom stereocenters. The summed E-state index contributed by atoms with van der Waals surface area (Å²) in [7, 11) is 0. The van der Waals surface area contributed by atoms with Crippen LogP contribution in [0.5, 0.6) is 0 Å². The Kier molecular flexibility index (Phi) is 9.52. The third-order valence-electron chi connectivity index (χ3n) is 4.80. The van der Waals surface area contributed by atoms with Crippen molar-refractivity contribution in [2.75, 3.05) is 23.7 Å². The average molecular weight is 571 g/mol. The van der Waals surface area contributed by atoms with Crippen LogP contribution < -0.4 is 21.3 Å². The first kappa shape index (κ1) is 28.7. The van der Waals surface area contributed by atoms with Gasteiger partial charge in [0.1, 0.15) is 33.5 Å². The van der Waals surface area contributed by atoms with Gasteiger partial charge in [-0.3, -0.25) is 14.4 Å². The molecular weight excluding hydrogens is 549 g/mol. The topological polar surface area (TPSA) is 151 Å². The molecule has 3 aromatic rings. The van der Waals surface area contributed by atoms with E-state index in [0.29, 0.717) is 36.4 Å². The molecule has 0 radical (unpaired) electrons. The molecule has 0 bridgehead atoms. The van der Waals surface area contributed by atoms with Crippen molar-refractivity contribution in [3.05, 3.63) is 57.0 Å². The molecule has 0 aliphatic carbocycles. The summed E-state index contributed by atoms with van der Waals surface area (Å²) in [4.78, 5) is 52.0. The molecule has 4 N–H and O–H groups in total. The van der Waals surface area contributed by atoms with Crippen molar-refractivity contribution in [3.63, 3.8) is 0 Å². The lowest BCUT2D eigenvalue weighted by Crippen LogP contribution is -2.27. The summed E-state index contributed by atoms with van der Waals surface area (Å²) in [6.07, 6.45) is -0.781. The van der Waals surface area contributed by atoms with Crippen molar-refractivity contribution in [3.8, 4) is 0 Å². The van der Waals surface area contributed by atoms with Gasteiger partial charge in [-0.1, -0.05) is 11.6 Å². The highest BCUT2D eigenvalue weighted by Gasteiger charge is 2.34. The number of carbonyl (C=O) groups is 3. The van der Waals surface area contributed by atoms with E-state index >= 15 is 0 Å². The average Bonchev–Trinajstić information content (AvgIpc) is 3.35. The van der Waals surface area contributed by atoms with Crippen molar-refractivity contribution in [2.24, 2.45) is 0 Å². The Bertz CT molecular complexity index is 1320. The lowest BCUT2D eigenvalue weighted by Gasteiger charge is -2.12. The Balaban J connectivity index is 1.58. The summed E-state index contributed by atoms with van der Waals surface area (Å²) < 4.78 is 39.1. The van der Waals surface area contributed by atoms with E-state index in [4.69, 9.17) is 11.6 Å². The number of halogens is 4. The molecule has 1 atom stereocenters. The number of thiazole rings is 1. The highest BCUT2D eigenvalue weighted by atomic mass is 35.5. The maximum absolute atomic E-state index is 13.0. The number of pyridine rings is 1. The Hall–Kier alpha value is -3.85. The molecule has 202 valence electrons. The minimum Gasteiger partial charge on any atom is -0.370 e. The van der Waals surface area contributed by atoms with Gasteiger partial charge in [-0.05, 0) is 19.4 Å². The number of aromatic nitrogens is 4. The Morgan fingerprint density at radius 1 is 1.03 bits per heavy atom. The van der Waals surface area contributed by atoms with Crippen LogP contribution in [0.2, 0.25) is 5.02 Å². The predicted molar refractivity (Wildman–Crippen MR) is 134 cm³/mol. The molecule has 0 aromatic carbocycles. The standard InChI is InChI=1S/C22H22ClF3N8O3S/c1-11(33-19(36)15-7-17(32-10-31-15)28-5-3-4-27-12(2)35)21-30-9-16(38-21)20(37)34-18-6-13(22(24,25)26)14(23)8-29-18/h6-11H,3-5H2,1-2H3,(H,27,35)(H,33,36)(H,28,31,32)(H,29,34,37). The van der Waals surface area contributed by atoms with Gasteiger partial charge in [0.05, 0.1) is 22.8 Å². The number of amides is 3. The Morgan fingerprint density at radius 3 is 2.50 bits per heavy atom. The second-order valence-corrected chi connectivity index (χ2v) is 9.28. The lowest BCUT2D eigenvalue weighted by molar-refractivity contribution is -0.137. The van der Waals surface area contributed by atoms with Crippen LogP contribution in [0.3, 0.4) is 0 Å². The predicted octanol–water partition coefficient (Wildman–Crippen LogP) is 3.68. The molecular formula is C22H22ClF3N8O3S. The third-order valence-corrected chi connectivity index (χ3v) is 6.28. The van der Waals surface area contributed by atoms with Crippen molar-refractivity contribution in [1.82, 2.24) is 30.6 Å². The van der Waals surface area contributed by atoms with Crippen LogP contribution in [0.15, 0.2) is 30.9 Å². The summed E-state index contributed by atoms with van der Waals surface area (Å²) in [6.45, 7) is 4.09. The van der Waals surface area contributed by atoms with Crippen LogP contribution >= 0.6 is 22.9 Å². The molecule has 0 saturated carbocycles. The fourth-order valence-corrected chi connectivity index (χ4v) is 4.00. The Morgan fingerprint density at radius 2 is 1.79 bits per heavy atom. The van der Waals surface area contributed by atoms with Gasteiger partial charge in [-0.25, -0.2) is 19.9 Å². The molecule has 16 heteroatoms. The number of hydrogen-bond donors (Lipinski definition) is 4. The summed E-state index contributed by atoms with van der Waals surface area (Å²) >= 11 is 6.50. The summed E-state index contributed by atoms with van der Waals surface area (Å²) in [5.41, 5.74) is -1.03. The van der Waals surface area contributed by atoms with E-state index < -0.39 is 34.6 Å². The van der Waals surface area contributed by atoms with Crippen molar-refractivity contribution in [1.29, 1.82) is 0 Å². The normalized spacial score (nSPS) is 11.9. The summed E-state index contributed by atoms with van der Waals surface area (Å²) in [6, 6.07) is 1.50. The zero-order valence-corrected chi connectivity index (χ0v) is 21.6. The zero-order valence-electron chi connectivity index (χ0n) is 20.0. The van der Waals surface area contributed by atoms with E-state index in [1.807, 2.05) is 0 Å². The van der Waals surface area contributed by atoms with E-state index in [-0.39, 0.29) is 22.3 Å². The number of rotatable bonds is 10. The van der Waals surface area contributed by atoms with Crippen molar-refractivity contribution in [2.45, 2.75) is 32.5 Å². The first-order valence-electron chi connectivity index (χ1n) is 11.0. The number of anilines is 2. The molecule has 3 heterocycles. The van der Waals surface area contributed by atoms with Gasteiger partial charge >= 0.3 is 6.18 Å². The monoisotopic (exact) mass is 570 g/mol. The van der Waals surface area contributed by atoms with Crippen molar-refractivity contribution < 1.29 is 27.6 Å². The molecule has 3 rings (SSSR count). The molecule has 0 fully saturated rings. The van der Waals surface area contributed by atoms with Gasteiger partial charge in [0.15, 0.2) is 0 Å². The number of nitrogens with one attached hydrogen (secondary N) is 4. The van der Waals surface area contributed by atoms with Crippen LogP contribution in [0.25, 0.3) is 0 Å². The summed E-state index contributed by atoms with van der Waals surface area (Å²) in [5.74, 6) is -1.25. The molecule has 0 spiro atoms. The quantitative estimate of drug-likeness (QED) is 0.270. The molecule has 3 amide bonds. The largest absolute Gasteiger partial charge is 0.418 e. The van der Waals surface area contributed by atoms with Crippen LogP contribution in [-0.2, 0) is 11.0 Å². The van der Waals surface area contributed by atoms with Crippen LogP contribution in [0.1, 0.15) is 57.0 Å². The van der Waals surface area contributed by atoms with E-state index in [0.717, 1.165) is 17.5 Å². The van der Waals surface area contributed by atoms with Gasteiger partial charge < -0.3 is 21.3 Å². The fraction of sp³-hybridized carbons (Fsp3) is 0.318. The van der Waals surface area contributed by atoms with Crippen LogP contribution in [-0.4, -0.2) is 50.7 Å². The Labute approximate surface area is 223 Å². The smallest absolute Gasteiger partial charge is 0.370 e. The number of nitrogens with zero attached hydrogens (tertiary/aromatic N) is 4. The van der Waals surface area contributed by atoms with Gasteiger partial charge in [0, 0.05) is 32.3 Å². The minimum atomic E-state index is -4.71. The molecule has 3 aromatic heterocycles. The number of alkyl halides is 3. The molecule has 0 aliphatic rings. The van der Waals surface area contributed by atoms with Gasteiger partial charge in [0.25, 0.3) is 11.8 Å². The van der Waals surface area contributed by atoms with E-state index in [1.165, 1.54) is 25.5 Å².